The molecule has 5 heteroatoms. The van der Waals surface area contributed by atoms with E-state index in [1.54, 1.807) is 0 Å². The molecule has 2 amide bonds. The van der Waals surface area contributed by atoms with E-state index >= 15 is 0 Å². The normalized spacial score (nSPS) is 19.8. The number of fused-ring (bicyclic) bond motifs is 3. The number of carbonyl (C=O) groups is 2. The maximum absolute atomic E-state index is 13.2. The summed E-state index contributed by atoms with van der Waals surface area (Å²) in [6, 6.07) is 6.13. The number of rotatable bonds is 4. The van der Waals surface area contributed by atoms with E-state index in [0.717, 1.165) is 74.7 Å². The summed E-state index contributed by atoms with van der Waals surface area (Å²) >= 11 is 0. The van der Waals surface area contributed by atoms with E-state index < -0.39 is 0 Å². The summed E-state index contributed by atoms with van der Waals surface area (Å²) in [5, 5.41) is 1.12. The standard InChI is InChI=1S/C25H31N3O2/c1-3-11-28-22-7-6-19(25(30)26-12-8-17(2)9-13-26)15-20(22)21-16-27(14-10-23(21)28)24(29)18-4-5-18/h3,6-7,15,17-18H,1,4-5,8-14,16H2,2H3. The number of aromatic nitrogens is 1. The van der Waals surface area contributed by atoms with Crippen LogP contribution in [-0.2, 0) is 24.3 Å². The molecule has 3 heterocycles. The first-order valence-corrected chi connectivity index (χ1v) is 11.4. The molecule has 1 saturated heterocycles. The van der Waals surface area contributed by atoms with Crippen molar-refractivity contribution in [1.82, 2.24) is 14.4 Å². The van der Waals surface area contributed by atoms with Gasteiger partial charge in [0.05, 0.1) is 0 Å². The van der Waals surface area contributed by atoms with Crippen LogP contribution in [0.4, 0.5) is 0 Å². The molecule has 0 radical (unpaired) electrons. The third-order valence-electron chi connectivity index (χ3n) is 7.12. The number of hydrogen-bond donors (Lipinski definition) is 0. The highest BCUT2D eigenvalue weighted by Gasteiger charge is 2.36. The van der Waals surface area contributed by atoms with Crippen molar-refractivity contribution < 1.29 is 9.59 Å². The SMILES string of the molecule is C=CCn1c2c(c3cc(C(=O)N4CCC(C)CC4)ccc31)CN(C(=O)C1CC1)CC2. The van der Waals surface area contributed by atoms with Crippen LogP contribution in [0.5, 0.6) is 0 Å². The number of carbonyl (C=O) groups excluding carboxylic acids is 2. The predicted octanol–water partition coefficient (Wildman–Crippen LogP) is 3.99. The molecule has 1 aromatic heterocycles. The second kappa shape index (κ2) is 7.60. The molecule has 1 saturated carbocycles. The van der Waals surface area contributed by atoms with Gasteiger partial charge in [0.2, 0.25) is 5.91 Å². The van der Waals surface area contributed by atoms with Gasteiger partial charge in [-0.2, -0.15) is 0 Å². The van der Waals surface area contributed by atoms with Crippen LogP contribution < -0.4 is 0 Å². The van der Waals surface area contributed by atoms with Crippen LogP contribution in [-0.4, -0.2) is 45.8 Å². The molecule has 0 spiro atoms. The Morgan fingerprint density at radius 3 is 2.57 bits per heavy atom. The Labute approximate surface area is 178 Å². The van der Waals surface area contributed by atoms with Gasteiger partial charge in [0.15, 0.2) is 0 Å². The van der Waals surface area contributed by atoms with Gasteiger partial charge in [-0.1, -0.05) is 13.0 Å². The van der Waals surface area contributed by atoms with Crippen molar-refractivity contribution in [3.63, 3.8) is 0 Å². The van der Waals surface area contributed by atoms with Crippen molar-refractivity contribution in [3.8, 4) is 0 Å². The van der Waals surface area contributed by atoms with Crippen LogP contribution in [0, 0.1) is 11.8 Å². The number of likely N-dealkylation sites (tertiary alicyclic amines) is 1. The molecule has 158 valence electrons. The second-order valence-corrected chi connectivity index (χ2v) is 9.32. The van der Waals surface area contributed by atoms with Crippen molar-refractivity contribution in [2.45, 2.75) is 52.1 Å². The van der Waals surface area contributed by atoms with Crippen molar-refractivity contribution in [1.29, 1.82) is 0 Å². The second-order valence-electron chi connectivity index (χ2n) is 9.32. The minimum absolute atomic E-state index is 0.135. The molecular weight excluding hydrogens is 374 g/mol. The van der Waals surface area contributed by atoms with Gasteiger partial charge in [0.25, 0.3) is 5.91 Å². The summed E-state index contributed by atoms with van der Waals surface area (Å²) in [6.45, 7) is 10.1. The van der Waals surface area contributed by atoms with Crippen LogP contribution in [0.15, 0.2) is 30.9 Å². The number of piperidine rings is 1. The lowest BCUT2D eigenvalue weighted by molar-refractivity contribution is -0.133. The lowest BCUT2D eigenvalue weighted by Gasteiger charge is -2.30. The summed E-state index contributed by atoms with van der Waals surface area (Å²) in [6.07, 6.45) is 7.02. The Balaban J connectivity index is 1.51. The summed E-state index contributed by atoms with van der Waals surface area (Å²) in [4.78, 5) is 29.9. The van der Waals surface area contributed by atoms with Gasteiger partial charge in [0, 0.05) is 72.8 Å². The number of allylic oxidation sites excluding steroid dienone is 1. The fraction of sp³-hybridized carbons (Fsp3) is 0.520. The fourth-order valence-electron chi connectivity index (χ4n) is 5.09. The van der Waals surface area contributed by atoms with Crippen LogP contribution in [0.3, 0.4) is 0 Å². The van der Waals surface area contributed by atoms with Gasteiger partial charge in [0.1, 0.15) is 0 Å². The first kappa shape index (κ1) is 19.4. The molecule has 30 heavy (non-hydrogen) atoms. The van der Waals surface area contributed by atoms with E-state index in [-0.39, 0.29) is 11.8 Å². The highest BCUT2D eigenvalue weighted by atomic mass is 16.2. The Bertz CT molecular complexity index is 1010. The van der Waals surface area contributed by atoms with E-state index in [1.165, 1.54) is 11.3 Å². The van der Waals surface area contributed by atoms with E-state index in [2.05, 4.69) is 30.2 Å². The molecule has 5 rings (SSSR count). The first-order chi connectivity index (χ1) is 14.6. The largest absolute Gasteiger partial charge is 0.340 e. The molecule has 1 aromatic carbocycles. The molecule has 0 bridgehead atoms. The van der Waals surface area contributed by atoms with E-state index in [0.29, 0.717) is 18.4 Å². The summed E-state index contributed by atoms with van der Waals surface area (Å²) in [5.41, 5.74) is 4.42. The molecular formula is C25H31N3O2. The van der Waals surface area contributed by atoms with Gasteiger partial charge in [-0.15, -0.1) is 6.58 Å². The highest BCUT2D eigenvalue weighted by molar-refractivity contribution is 5.99. The number of nitrogens with zero attached hydrogens (tertiary/aromatic N) is 3. The average molecular weight is 406 g/mol. The molecule has 1 aliphatic carbocycles. The molecule has 2 aromatic rings. The maximum Gasteiger partial charge on any atom is 0.253 e. The third-order valence-corrected chi connectivity index (χ3v) is 7.12. The fourth-order valence-corrected chi connectivity index (χ4v) is 5.09. The van der Waals surface area contributed by atoms with Crippen molar-refractivity contribution in [2.24, 2.45) is 11.8 Å². The molecule has 0 N–H and O–H groups in total. The molecule has 5 nitrogen and oxygen atoms in total. The minimum Gasteiger partial charge on any atom is -0.340 e. The predicted molar refractivity (Wildman–Crippen MR) is 118 cm³/mol. The smallest absolute Gasteiger partial charge is 0.253 e. The number of hydrogen-bond acceptors (Lipinski definition) is 2. The van der Waals surface area contributed by atoms with Crippen LogP contribution >= 0.6 is 0 Å². The minimum atomic E-state index is 0.135. The quantitative estimate of drug-likeness (QED) is 0.722. The van der Waals surface area contributed by atoms with Crippen LogP contribution in [0.25, 0.3) is 10.9 Å². The third kappa shape index (κ3) is 3.34. The number of benzene rings is 1. The van der Waals surface area contributed by atoms with Crippen molar-refractivity contribution in [2.75, 3.05) is 19.6 Å². The van der Waals surface area contributed by atoms with Crippen molar-refractivity contribution >= 4 is 22.7 Å². The molecule has 0 unspecified atom stereocenters. The van der Waals surface area contributed by atoms with Gasteiger partial charge in [-0.05, 0) is 49.8 Å². The molecule has 3 aliphatic rings. The van der Waals surface area contributed by atoms with E-state index in [9.17, 15) is 9.59 Å². The van der Waals surface area contributed by atoms with Crippen LogP contribution in [0.2, 0.25) is 0 Å². The lowest BCUT2D eigenvalue weighted by Crippen LogP contribution is -2.38. The summed E-state index contributed by atoms with van der Waals surface area (Å²) < 4.78 is 2.31. The monoisotopic (exact) mass is 405 g/mol. The van der Waals surface area contributed by atoms with E-state index in [4.69, 9.17) is 0 Å². The highest BCUT2D eigenvalue weighted by Crippen LogP contribution is 2.36. The zero-order valence-electron chi connectivity index (χ0n) is 17.9. The lowest BCUT2D eigenvalue weighted by atomic mass is 9.98. The summed E-state index contributed by atoms with van der Waals surface area (Å²) in [7, 11) is 0. The van der Waals surface area contributed by atoms with Gasteiger partial charge in [-0.3, -0.25) is 9.59 Å². The summed E-state index contributed by atoms with van der Waals surface area (Å²) in [5.74, 6) is 1.38. The van der Waals surface area contributed by atoms with Gasteiger partial charge in [-0.25, -0.2) is 0 Å². The van der Waals surface area contributed by atoms with Crippen LogP contribution in [0.1, 0.15) is 54.2 Å². The Morgan fingerprint density at radius 1 is 1.10 bits per heavy atom. The molecule has 0 atom stereocenters. The van der Waals surface area contributed by atoms with E-state index in [1.807, 2.05) is 21.9 Å². The van der Waals surface area contributed by atoms with Gasteiger partial charge >= 0.3 is 0 Å². The molecule has 2 fully saturated rings. The first-order valence-electron chi connectivity index (χ1n) is 11.4. The zero-order chi connectivity index (χ0) is 20.8. The zero-order valence-corrected chi connectivity index (χ0v) is 17.9. The Morgan fingerprint density at radius 2 is 1.87 bits per heavy atom. The maximum atomic E-state index is 13.2. The Kier molecular flexibility index (Phi) is 4.92. The Hall–Kier alpha value is -2.56. The number of amides is 2. The average Bonchev–Trinajstić information content (AvgIpc) is 3.58. The molecule has 2 aliphatic heterocycles. The van der Waals surface area contributed by atoms with Crippen molar-refractivity contribution in [3.05, 3.63) is 47.7 Å². The van der Waals surface area contributed by atoms with Gasteiger partial charge < -0.3 is 14.4 Å². The topological polar surface area (TPSA) is 45.6 Å².